The number of rotatable bonds is 0. The summed E-state index contributed by atoms with van der Waals surface area (Å²) in [5.74, 6) is 0. The lowest BCUT2D eigenvalue weighted by Crippen LogP contribution is -2.17. The van der Waals surface area contributed by atoms with Gasteiger partial charge in [-0.05, 0) is 65.2 Å². The van der Waals surface area contributed by atoms with Crippen LogP contribution in [0.3, 0.4) is 0 Å². The highest BCUT2D eigenvalue weighted by molar-refractivity contribution is 9.10. The van der Waals surface area contributed by atoms with Gasteiger partial charge >= 0.3 is 0 Å². The van der Waals surface area contributed by atoms with Crippen molar-refractivity contribution >= 4 is 151 Å². The van der Waals surface area contributed by atoms with Crippen LogP contribution in [-0.4, -0.2) is 0 Å². The molecule has 2 heterocycles. The Balaban J connectivity index is 0.000000208. The summed E-state index contributed by atoms with van der Waals surface area (Å²) in [5.41, 5.74) is 8.50. The molecule has 2 N–H and O–H groups in total. The number of benzene rings is 1. The maximum atomic E-state index is 6.04. The van der Waals surface area contributed by atoms with E-state index < -0.39 is 0 Å². The van der Waals surface area contributed by atoms with E-state index in [0.717, 1.165) is 10.2 Å². The van der Waals surface area contributed by atoms with Crippen LogP contribution in [0.2, 0.25) is 0 Å². The first kappa shape index (κ1) is 27.5. The number of nitrogens with two attached hydrogens (primary N) is 1. The summed E-state index contributed by atoms with van der Waals surface area (Å²) in [5, 5.41) is 0. The third kappa shape index (κ3) is 8.22. The number of fused-ring (bicyclic) bond motifs is 5. The Hall–Kier alpha value is 2.28. The van der Waals surface area contributed by atoms with Crippen LogP contribution in [0.4, 0.5) is 5.69 Å². The van der Waals surface area contributed by atoms with Crippen LogP contribution in [0.5, 0.6) is 0 Å². The van der Waals surface area contributed by atoms with Gasteiger partial charge < -0.3 is 10.5 Å². The maximum absolute atomic E-state index is 6.04. The van der Waals surface area contributed by atoms with Crippen molar-refractivity contribution in [1.82, 2.24) is 0 Å². The Bertz CT molecular complexity index is 1260. The van der Waals surface area contributed by atoms with Crippen molar-refractivity contribution in [2.24, 2.45) is 0 Å². The quantitative estimate of drug-likeness (QED) is 0.332. The first-order valence-electron chi connectivity index (χ1n) is 7.12. The van der Waals surface area contributed by atoms with E-state index >= 15 is 0 Å². The Morgan fingerprint density at radius 1 is 0.759 bits per heavy atom. The monoisotopic (exact) mass is 713 g/mol. The normalized spacial score (nSPS) is 22.0. The van der Waals surface area contributed by atoms with E-state index in [2.05, 4.69) is 48.0 Å². The summed E-state index contributed by atoms with van der Waals surface area (Å²) in [6, 6.07) is 4.08. The van der Waals surface area contributed by atoms with E-state index in [0.29, 0.717) is 0 Å². The van der Waals surface area contributed by atoms with Gasteiger partial charge in [0.25, 0.3) is 0 Å². The van der Waals surface area contributed by atoms with E-state index in [4.69, 9.17) is 32.8 Å². The lowest BCUT2D eigenvalue weighted by Gasteiger charge is -2.18. The van der Waals surface area contributed by atoms with Crippen LogP contribution in [0.15, 0.2) is 28.8 Å². The second-order valence-electron chi connectivity index (χ2n) is 5.39. The van der Waals surface area contributed by atoms with E-state index in [1.807, 2.05) is 6.07 Å². The van der Waals surface area contributed by atoms with Crippen molar-refractivity contribution in [1.29, 1.82) is 0 Å². The number of anilines is 1. The van der Waals surface area contributed by atoms with Crippen LogP contribution < -0.4 is 5.73 Å². The molecule has 0 saturated carbocycles. The Labute approximate surface area is 222 Å². The third-order valence-corrected chi connectivity index (χ3v) is 28.8. The second-order valence-corrected chi connectivity index (χ2v) is 27.5. The standard InChI is InChI=1S/C12H12BrNO.S14/c1-11-3-4-12(2,15-11)8-6-10(14)9(13)5-7(8)11;1-3-5-7-9-11-13-14-12-10-8-6-4-2/h3-6H,14H2,1-2H3;. The van der Waals surface area contributed by atoms with Crippen molar-refractivity contribution in [2.45, 2.75) is 25.0 Å². The molecule has 3 rings (SSSR count). The van der Waals surface area contributed by atoms with Crippen LogP contribution in [0, 0.1) is 0 Å². The predicted molar refractivity (Wildman–Crippen MR) is 167 cm³/mol. The Morgan fingerprint density at radius 3 is 1.55 bits per heavy atom. The predicted octanol–water partition coefficient (Wildman–Crippen LogP) is 3.03. The van der Waals surface area contributed by atoms with Gasteiger partial charge in [-0.2, -0.15) is 0 Å². The molecule has 0 aromatic heterocycles. The molecule has 1 aromatic carbocycles. The molecule has 162 valence electrons. The molecule has 2 atom stereocenters. The van der Waals surface area contributed by atoms with Crippen LogP contribution in [0.25, 0.3) is 0 Å². The summed E-state index contributed by atoms with van der Waals surface area (Å²) in [4.78, 5) is 0. The topological polar surface area (TPSA) is 35.2 Å². The summed E-state index contributed by atoms with van der Waals surface area (Å²) < 4.78 is 6.98. The highest BCUT2D eigenvalue weighted by atomic mass is 79.9. The molecule has 1 aromatic rings. The molecule has 0 aliphatic carbocycles. The van der Waals surface area contributed by atoms with Gasteiger partial charge in [0.05, 0.1) is 0 Å². The van der Waals surface area contributed by atoms with E-state index in [9.17, 15) is 0 Å². The number of hydrogen-bond donors (Lipinski definition) is 1. The molecule has 0 amide bonds. The maximum Gasteiger partial charge on any atom is 0.111 e. The number of halogens is 1. The molecule has 0 fully saturated rings. The van der Waals surface area contributed by atoms with Crippen molar-refractivity contribution in [3.63, 3.8) is 0 Å². The zero-order valence-corrected chi connectivity index (χ0v) is 27.4. The van der Waals surface area contributed by atoms with Crippen molar-refractivity contribution < 1.29 is 4.74 Å². The highest BCUT2D eigenvalue weighted by Gasteiger charge is 2.50. The van der Waals surface area contributed by atoms with Gasteiger partial charge in [0.15, 0.2) is 0 Å². The molecule has 2 unspecified atom stereocenters. The minimum atomic E-state index is -0.293. The Morgan fingerprint density at radius 2 is 1.14 bits per heavy atom. The largest absolute Gasteiger partial charge is 0.398 e. The molecule has 0 spiro atoms. The van der Waals surface area contributed by atoms with Gasteiger partial charge in [-0.15, -0.1) is 0 Å². The summed E-state index contributed by atoms with van der Waals surface area (Å²) in [7, 11) is 19.9. The fourth-order valence-electron chi connectivity index (χ4n) is 2.64. The van der Waals surface area contributed by atoms with Crippen LogP contribution in [-0.2, 0) is 145 Å². The van der Waals surface area contributed by atoms with E-state index in [1.165, 1.54) is 28.9 Å². The van der Waals surface area contributed by atoms with Crippen LogP contribution in [0.1, 0.15) is 25.0 Å². The molecule has 2 nitrogen and oxygen atoms in total. The number of hydrogen-bond acceptors (Lipinski definition) is 4. The van der Waals surface area contributed by atoms with Gasteiger partial charge in [-0.25, -0.2) is 0 Å². The molecule has 0 radical (unpaired) electrons. The van der Waals surface area contributed by atoms with Gasteiger partial charge in [0.2, 0.25) is 0 Å². The number of ether oxygens (including phenoxy) is 1. The smallest absolute Gasteiger partial charge is 0.111 e. The summed E-state index contributed by atoms with van der Waals surface area (Å²) in [6.45, 7) is 4.16. The average molecular weight is 715 g/mol. The van der Waals surface area contributed by atoms with Crippen molar-refractivity contribution in [2.75, 3.05) is 5.73 Å². The molecule has 2 aliphatic heterocycles. The van der Waals surface area contributed by atoms with E-state index in [1.54, 1.807) is 88.8 Å². The van der Waals surface area contributed by atoms with Crippen LogP contribution >= 0.6 is 15.9 Å². The lowest BCUT2D eigenvalue weighted by atomic mass is 9.83. The fourth-order valence-corrected chi connectivity index (χ4v) is 30.4. The van der Waals surface area contributed by atoms with Crippen molar-refractivity contribution in [3.8, 4) is 0 Å². The first-order chi connectivity index (χ1) is 13.9. The highest BCUT2D eigenvalue weighted by Crippen LogP contribution is 2.54. The molecule has 29 heavy (non-hydrogen) atoms. The van der Waals surface area contributed by atoms with Gasteiger partial charge in [0, 0.05) is 139 Å². The minimum absolute atomic E-state index is 0.277. The summed E-state index contributed by atoms with van der Waals surface area (Å²) in [6.07, 6.45) is 4.24. The van der Waals surface area contributed by atoms with Crippen molar-refractivity contribution in [3.05, 3.63) is 39.9 Å². The molecular formula is C12H12BrNOS14. The first-order valence-corrected chi connectivity index (χ1v) is 25.2. The molecular weight excluding hydrogens is 703 g/mol. The number of nitrogen functional groups attached to an aromatic ring is 1. The second kappa shape index (κ2) is 13.9. The minimum Gasteiger partial charge on any atom is -0.398 e. The molecule has 0 saturated heterocycles. The molecule has 2 aliphatic rings. The SMILES string of the molecule is CC12C=CC(C)(O1)c1cc(Br)c(N)cc12.S=S=S=S=S=S=S=S=S=S=S=S=S=S. The van der Waals surface area contributed by atoms with Gasteiger partial charge in [-0.1, -0.05) is 0 Å². The lowest BCUT2D eigenvalue weighted by molar-refractivity contribution is -0.0495. The zero-order valence-electron chi connectivity index (χ0n) is 14.4. The average Bonchev–Trinajstić information content (AvgIpc) is 3.12. The summed E-state index contributed by atoms with van der Waals surface area (Å²) >= 11 is 12.9. The molecule has 17 heteroatoms. The van der Waals surface area contributed by atoms with Gasteiger partial charge in [0.1, 0.15) is 11.2 Å². The Kier molecular flexibility index (Phi) is 13.2. The zero-order chi connectivity index (χ0) is 21.3. The third-order valence-electron chi connectivity index (χ3n) is 3.66. The molecule has 2 bridgehead atoms. The van der Waals surface area contributed by atoms with Gasteiger partial charge in [-0.3, -0.25) is 0 Å². The fraction of sp³-hybridized carbons (Fsp3) is 0.333. The van der Waals surface area contributed by atoms with E-state index in [-0.39, 0.29) is 11.2 Å².